The summed E-state index contributed by atoms with van der Waals surface area (Å²) >= 11 is 0. The summed E-state index contributed by atoms with van der Waals surface area (Å²) in [5.74, 6) is 0.811. The van der Waals surface area contributed by atoms with Crippen LogP contribution < -0.4 is 10.1 Å². The highest BCUT2D eigenvalue weighted by Crippen LogP contribution is 2.26. The first kappa shape index (κ1) is 23.9. The summed E-state index contributed by atoms with van der Waals surface area (Å²) in [6.45, 7) is 0.174. The molecule has 0 unspecified atom stereocenters. The number of nitrogens with zero attached hydrogens (tertiary/aromatic N) is 4. The Morgan fingerprint density at radius 2 is 1.86 bits per heavy atom. The molecule has 3 aromatic heterocycles. The minimum Gasteiger partial charge on any atom is -0.497 e. The number of ether oxygens (including phenoxy) is 1. The maximum Gasteiger partial charge on any atom is 0.251 e. The fourth-order valence-electron chi connectivity index (χ4n) is 4.10. The van der Waals surface area contributed by atoms with Gasteiger partial charge in [-0.05, 0) is 54.1 Å². The number of hydrogen-bond acceptors (Lipinski definition) is 7. The molecule has 0 aliphatic heterocycles. The van der Waals surface area contributed by atoms with Crippen LogP contribution >= 0.6 is 0 Å². The molecule has 2 aromatic carbocycles. The molecule has 3 heterocycles. The van der Waals surface area contributed by atoms with E-state index in [9.17, 15) is 9.59 Å². The molecule has 10 nitrogen and oxygen atoms in total. The number of furan rings is 2. The number of aromatic nitrogens is 3. The SMILES string of the molecule is COc1cccc(CN(C(=O)Cn2nnc3ccccc32)[C@H](C(=O)NCc2ccco2)c2ccco2)c1. The predicted molar refractivity (Wildman–Crippen MR) is 133 cm³/mol. The van der Waals surface area contributed by atoms with Crippen LogP contribution in [-0.4, -0.2) is 38.8 Å². The zero-order valence-electron chi connectivity index (χ0n) is 20.1. The maximum atomic E-state index is 13.9. The van der Waals surface area contributed by atoms with Gasteiger partial charge < -0.3 is 23.8 Å². The van der Waals surface area contributed by atoms with Gasteiger partial charge in [-0.25, -0.2) is 4.68 Å². The molecule has 37 heavy (non-hydrogen) atoms. The quantitative estimate of drug-likeness (QED) is 0.311. The van der Waals surface area contributed by atoms with Crippen molar-refractivity contribution in [3.05, 3.63) is 102 Å². The molecule has 0 aliphatic carbocycles. The van der Waals surface area contributed by atoms with Gasteiger partial charge in [-0.2, -0.15) is 0 Å². The van der Waals surface area contributed by atoms with E-state index in [0.717, 1.165) is 5.56 Å². The molecular formula is C27H25N5O5. The van der Waals surface area contributed by atoms with E-state index < -0.39 is 11.9 Å². The molecule has 0 radical (unpaired) electrons. The van der Waals surface area contributed by atoms with Gasteiger partial charge in [0.05, 0.1) is 31.7 Å². The first-order valence-corrected chi connectivity index (χ1v) is 11.7. The van der Waals surface area contributed by atoms with E-state index in [1.54, 1.807) is 31.4 Å². The molecule has 1 atom stereocenters. The van der Waals surface area contributed by atoms with Gasteiger partial charge >= 0.3 is 0 Å². The zero-order valence-corrected chi connectivity index (χ0v) is 20.1. The fraction of sp³-hybridized carbons (Fsp3) is 0.185. The molecule has 0 saturated carbocycles. The summed E-state index contributed by atoms with van der Waals surface area (Å²) in [6, 6.07) is 20.5. The number of hydrogen-bond donors (Lipinski definition) is 1. The Hall–Kier alpha value is -4.86. The van der Waals surface area contributed by atoms with Crippen LogP contribution in [-0.2, 0) is 29.2 Å². The summed E-state index contributed by atoms with van der Waals surface area (Å²) in [7, 11) is 1.57. The highest BCUT2D eigenvalue weighted by molar-refractivity contribution is 5.88. The number of nitrogens with one attached hydrogen (secondary N) is 1. The molecular weight excluding hydrogens is 474 g/mol. The Morgan fingerprint density at radius 1 is 1.03 bits per heavy atom. The van der Waals surface area contributed by atoms with Crippen LogP contribution in [0.25, 0.3) is 11.0 Å². The normalized spacial score (nSPS) is 11.8. The topological polar surface area (TPSA) is 116 Å². The molecule has 0 fully saturated rings. The van der Waals surface area contributed by atoms with Gasteiger partial charge in [0, 0.05) is 6.54 Å². The van der Waals surface area contributed by atoms with Crippen LogP contribution in [0.2, 0.25) is 0 Å². The number of carbonyl (C=O) groups excluding carboxylic acids is 2. The number of rotatable bonds is 10. The number of methoxy groups -OCH3 is 1. The number of para-hydroxylation sites is 1. The summed E-state index contributed by atoms with van der Waals surface area (Å²) < 4.78 is 17.9. The van der Waals surface area contributed by atoms with Crippen LogP contribution in [0.5, 0.6) is 5.75 Å². The first-order chi connectivity index (χ1) is 18.1. The predicted octanol–water partition coefficient (Wildman–Crippen LogP) is 3.71. The van der Waals surface area contributed by atoms with Crippen molar-refractivity contribution in [2.45, 2.75) is 25.7 Å². The van der Waals surface area contributed by atoms with Gasteiger partial charge in [0.1, 0.15) is 29.3 Å². The van der Waals surface area contributed by atoms with Crippen molar-refractivity contribution < 1.29 is 23.2 Å². The van der Waals surface area contributed by atoms with E-state index in [0.29, 0.717) is 28.3 Å². The second kappa shape index (κ2) is 10.8. The number of carbonyl (C=O) groups is 2. The van der Waals surface area contributed by atoms with E-state index in [1.807, 2.05) is 48.5 Å². The summed E-state index contributed by atoms with van der Waals surface area (Å²) in [6.07, 6.45) is 3.01. The molecule has 1 N–H and O–H groups in total. The highest BCUT2D eigenvalue weighted by Gasteiger charge is 2.34. The minimum atomic E-state index is -1.04. The van der Waals surface area contributed by atoms with Crippen molar-refractivity contribution in [3.63, 3.8) is 0 Å². The minimum absolute atomic E-state index is 0.118. The van der Waals surface area contributed by atoms with Crippen LogP contribution in [0.4, 0.5) is 0 Å². The molecule has 0 aliphatic rings. The average Bonchev–Trinajstić information content (AvgIpc) is 3.70. The lowest BCUT2D eigenvalue weighted by Crippen LogP contribution is -2.44. The van der Waals surface area contributed by atoms with Gasteiger partial charge in [-0.15, -0.1) is 5.10 Å². The van der Waals surface area contributed by atoms with Gasteiger partial charge in [0.15, 0.2) is 6.04 Å². The third-order valence-corrected chi connectivity index (χ3v) is 5.90. The van der Waals surface area contributed by atoms with E-state index in [2.05, 4.69) is 15.6 Å². The monoisotopic (exact) mass is 499 g/mol. The molecule has 188 valence electrons. The van der Waals surface area contributed by atoms with Gasteiger partial charge in [0.2, 0.25) is 5.91 Å². The number of benzene rings is 2. The second-order valence-electron chi connectivity index (χ2n) is 8.32. The van der Waals surface area contributed by atoms with E-state index in [4.69, 9.17) is 13.6 Å². The van der Waals surface area contributed by atoms with Crippen molar-refractivity contribution in [1.82, 2.24) is 25.2 Å². The Bertz CT molecular complexity index is 1480. The van der Waals surface area contributed by atoms with Crippen molar-refractivity contribution in [1.29, 1.82) is 0 Å². The smallest absolute Gasteiger partial charge is 0.251 e. The van der Waals surface area contributed by atoms with Crippen molar-refractivity contribution in [2.24, 2.45) is 0 Å². The van der Waals surface area contributed by atoms with Crippen molar-refractivity contribution in [3.8, 4) is 5.75 Å². The standard InChI is InChI=1S/C27H25N5O5/c1-35-20-8-4-7-19(15-20)17-31(25(33)18-32-23-11-3-2-10-22(23)29-30-32)26(24-12-6-14-37-24)27(34)28-16-21-9-5-13-36-21/h2-15,26H,16-18H2,1H3,(H,28,34)/t26-/m0/s1. The van der Waals surface area contributed by atoms with E-state index >= 15 is 0 Å². The molecule has 0 bridgehead atoms. The van der Waals surface area contributed by atoms with Gasteiger partial charge in [0.25, 0.3) is 5.91 Å². The van der Waals surface area contributed by atoms with Crippen LogP contribution in [0.15, 0.2) is 94.2 Å². The van der Waals surface area contributed by atoms with Gasteiger partial charge in [-0.1, -0.05) is 29.5 Å². The lowest BCUT2D eigenvalue weighted by molar-refractivity contribution is -0.143. The van der Waals surface area contributed by atoms with Gasteiger partial charge in [-0.3, -0.25) is 9.59 Å². The van der Waals surface area contributed by atoms with Crippen molar-refractivity contribution >= 4 is 22.8 Å². The Labute approximate surface area is 212 Å². The van der Waals surface area contributed by atoms with E-state index in [-0.39, 0.29) is 25.5 Å². The number of amides is 2. The summed E-state index contributed by atoms with van der Waals surface area (Å²) in [5, 5.41) is 11.2. The largest absolute Gasteiger partial charge is 0.497 e. The molecule has 2 amide bonds. The Kier molecular flexibility index (Phi) is 6.98. The Balaban J connectivity index is 1.49. The third-order valence-electron chi connectivity index (χ3n) is 5.90. The summed E-state index contributed by atoms with van der Waals surface area (Å²) in [4.78, 5) is 28.9. The van der Waals surface area contributed by atoms with Crippen LogP contribution in [0.1, 0.15) is 23.1 Å². The van der Waals surface area contributed by atoms with Crippen molar-refractivity contribution in [2.75, 3.05) is 7.11 Å². The Morgan fingerprint density at radius 3 is 2.65 bits per heavy atom. The lowest BCUT2D eigenvalue weighted by Gasteiger charge is -2.30. The van der Waals surface area contributed by atoms with E-state index in [1.165, 1.54) is 22.1 Å². The van der Waals surface area contributed by atoms with Crippen LogP contribution in [0.3, 0.4) is 0 Å². The number of fused-ring (bicyclic) bond motifs is 1. The molecule has 0 saturated heterocycles. The highest BCUT2D eigenvalue weighted by atomic mass is 16.5. The fourth-order valence-corrected chi connectivity index (χ4v) is 4.10. The molecule has 10 heteroatoms. The lowest BCUT2D eigenvalue weighted by atomic mass is 10.1. The van der Waals surface area contributed by atoms with Crippen LogP contribution in [0, 0.1) is 0 Å². The maximum absolute atomic E-state index is 13.9. The molecule has 5 aromatic rings. The third kappa shape index (κ3) is 5.37. The first-order valence-electron chi connectivity index (χ1n) is 11.7. The summed E-state index contributed by atoms with van der Waals surface area (Å²) in [5.41, 5.74) is 2.17. The average molecular weight is 500 g/mol. The second-order valence-corrected chi connectivity index (χ2v) is 8.32. The zero-order chi connectivity index (χ0) is 25.6. The molecule has 0 spiro atoms. The molecule has 5 rings (SSSR count).